The highest BCUT2D eigenvalue weighted by molar-refractivity contribution is 6.12. The summed E-state index contributed by atoms with van der Waals surface area (Å²) in [6.45, 7) is 2.05. The lowest BCUT2D eigenvalue weighted by atomic mass is 9.96. The van der Waals surface area contributed by atoms with Crippen molar-refractivity contribution in [3.63, 3.8) is 0 Å². The molecule has 32 heavy (non-hydrogen) atoms. The van der Waals surface area contributed by atoms with E-state index < -0.39 is 0 Å². The molecule has 0 amide bonds. The summed E-state index contributed by atoms with van der Waals surface area (Å²) in [5.74, 6) is 1.05. The molecular weight excluding hydrogens is 406 g/mol. The Morgan fingerprint density at radius 3 is 2.06 bits per heavy atom. The number of ketones is 1. The first-order valence-electron chi connectivity index (χ1n) is 9.96. The van der Waals surface area contributed by atoms with E-state index in [9.17, 15) is 4.79 Å². The first-order valence-corrected chi connectivity index (χ1v) is 9.96. The van der Waals surface area contributed by atoms with Gasteiger partial charge < -0.3 is 14.2 Å². The lowest BCUT2D eigenvalue weighted by Gasteiger charge is -2.15. The van der Waals surface area contributed by atoms with Crippen LogP contribution in [-0.4, -0.2) is 41.9 Å². The molecule has 0 N–H and O–H groups in total. The van der Waals surface area contributed by atoms with Gasteiger partial charge in [-0.3, -0.25) is 4.79 Å². The number of rotatable bonds is 7. The third-order valence-corrected chi connectivity index (χ3v) is 5.22. The monoisotopic (exact) mass is 429 g/mol. The predicted octanol–water partition coefficient (Wildman–Crippen LogP) is 4.50. The van der Waals surface area contributed by atoms with Crippen LogP contribution in [0.25, 0.3) is 16.8 Å². The van der Waals surface area contributed by atoms with Crippen molar-refractivity contribution in [3.8, 4) is 34.1 Å². The number of carbonyl (C=O) groups excluding carboxylic acids is 1. The fourth-order valence-electron chi connectivity index (χ4n) is 3.54. The highest BCUT2D eigenvalue weighted by Gasteiger charge is 2.21. The standard InChI is InChI=1S/C25H23N3O4/c1-16-5-7-17(8-6-16)18-9-10-20(21(11-18)28-15-26-14-27-28)24(29)19-12-22(30-2)25(32-4)23(13-19)31-3/h5-15H,1-4H3. The van der Waals surface area contributed by atoms with Crippen LogP contribution in [0.4, 0.5) is 0 Å². The molecule has 0 aliphatic rings. The molecule has 0 atom stereocenters. The van der Waals surface area contributed by atoms with Crippen LogP contribution in [0.5, 0.6) is 17.2 Å². The number of aryl methyl sites for hydroxylation is 1. The molecule has 7 nitrogen and oxygen atoms in total. The van der Waals surface area contributed by atoms with Gasteiger partial charge in [-0.05, 0) is 42.3 Å². The molecule has 4 rings (SSSR count). The van der Waals surface area contributed by atoms with Gasteiger partial charge in [0.15, 0.2) is 17.3 Å². The summed E-state index contributed by atoms with van der Waals surface area (Å²) in [4.78, 5) is 17.6. The second-order valence-corrected chi connectivity index (χ2v) is 7.18. The third kappa shape index (κ3) is 3.92. The normalized spacial score (nSPS) is 10.6. The molecule has 4 aromatic rings. The second-order valence-electron chi connectivity index (χ2n) is 7.18. The summed E-state index contributed by atoms with van der Waals surface area (Å²) in [6, 6.07) is 17.2. The quantitative estimate of drug-likeness (QED) is 0.403. The van der Waals surface area contributed by atoms with Crippen molar-refractivity contribution in [2.24, 2.45) is 0 Å². The molecule has 0 unspecified atom stereocenters. The maximum Gasteiger partial charge on any atom is 0.203 e. The van der Waals surface area contributed by atoms with Gasteiger partial charge in [0, 0.05) is 11.1 Å². The number of hydrogen-bond acceptors (Lipinski definition) is 6. The zero-order valence-electron chi connectivity index (χ0n) is 18.3. The Hall–Kier alpha value is -4.13. The van der Waals surface area contributed by atoms with Crippen LogP contribution in [0.1, 0.15) is 21.5 Å². The number of methoxy groups -OCH3 is 3. The molecule has 1 aromatic heterocycles. The largest absolute Gasteiger partial charge is 0.493 e. The fraction of sp³-hybridized carbons (Fsp3) is 0.160. The average Bonchev–Trinajstić information content (AvgIpc) is 3.37. The highest BCUT2D eigenvalue weighted by atomic mass is 16.5. The van der Waals surface area contributed by atoms with Crippen molar-refractivity contribution in [1.29, 1.82) is 0 Å². The molecule has 0 spiro atoms. The van der Waals surface area contributed by atoms with Crippen LogP contribution >= 0.6 is 0 Å². The van der Waals surface area contributed by atoms with E-state index in [1.165, 1.54) is 33.2 Å². The molecule has 0 aliphatic carbocycles. The summed E-state index contributed by atoms with van der Waals surface area (Å²) in [5, 5.41) is 4.25. The summed E-state index contributed by atoms with van der Waals surface area (Å²) < 4.78 is 17.8. The smallest absolute Gasteiger partial charge is 0.203 e. The minimum atomic E-state index is -0.204. The maximum absolute atomic E-state index is 13.6. The van der Waals surface area contributed by atoms with Crippen molar-refractivity contribution >= 4 is 5.78 Å². The first-order chi connectivity index (χ1) is 15.5. The van der Waals surface area contributed by atoms with Crippen LogP contribution in [0.15, 0.2) is 67.3 Å². The van der Waals surface area contributed by atoms with Crippen LogP contribution < -0.4 is 14.2 Å². The molecule has 0 radical (unpaired) electrons. The van der Waals surface area contributed by atoms with Crippen LogP contribution in [0.3, 0.4) is 0 Å². The lowest BCUT2D eigenvalue weighted by Crippen LogP contribution is -2.09. The Labute approximate surface area is 186 Å². The van der Waals surface area contributed by atoms with E-state index in [1.54, 1.807) is 29.2 Å². The van der Waals surface area contributed by atoms with E-state index >= 15 is 0 Å². The van der Waals surface area contributed by atoms with Gasteiger partial charge in [-0.15, -0.1) is 0 Å². The second kappa shape index (κ2) is 8.93. The van der Waals surface area contributed by atoms with Gasteiger partial charge in [-0.25, -0.2) is 9.67 Å². The summed E-state index contributed by atoms with van der Waals surface area (Å²) in [7, 11) is 4.56. The van der Waals surface area contributed by atoms with Crippen molar-refractivity contribution in [2.75, 3.05) is 21.3 Å². The molecule has 7 heteroatoms. The summed E-state index contributed by atoms with van der Waals surface area (Å²) in [6.07, 6.45) is 3.01. The molecule has 162 valence electrons. The molecule has 0 saturated heterocycles. The zero-order chi connectivity index (χ0) is 22.7. The van der Waals surface area contributed by atoms with E-state index in [4.69, 9.17) is 14.2 Å². The molecule has 0 saturated carbocycles. The minimum absolute atomic E-state index is 0.204. The number of ether oxygens (including phenoxy) is 3. The van der Waals surface area contributed by atoms with Gasteiger partial charge >= 0.3 is 0 Å². The van der Waals surface area contributed by atoms with Gasteiger partial charge in [-0.2, -0.15) is 5.10 Å². The van der Waals surface area contributed by atoms with Gasteiger partial charge in [0.2, 0.25) is 5.75 Å². The molecule has 3 aromatic carbocycles. The van der Waals surface area contributed by atoms with Gasteiger partial charge in [0.1, 0.15) is 12.7 Å². The number of aromatic nitrogens is 3. The molecular formula is C25H23N3O4. The molecule has 0 bridgehead atoms. The number of benzene rings is 3. The van der Waals surface area contributed by atoms with Crippen LogP contribution in [-0.2, 0) is 0 Å². The topological polar surface area (TPSA) is 75.5 Å². The van der Waals surface area contributed by atoms with Crippen molar-refractivity contribution in [1.82, 2.24) is 14.8 Å². The predicted molar refractivity (Wildman–Crippen MR) is 121 cm³/mol. The Morgan fingerprint density at radius 2 is 1.50 bits per heavy atom. The Balaban J connectivity index is 1.84. The van der Waals surface area contributed by atoms with Crippen molar-refractivity contribution < 1.29 is 19.0 Å². The molecule has 0 aliphatic heterocycles. The average molecular weight is 429 g/mol. The van der Waals surface area contributed by atoms with Gasteiger partial charge in [0.25, 0.3) is 0 Å². The van der Waals surface area contributed by atoms with Gasteiger partial charge in [0.05, 0.1) is 27.0 Å². The Bertz CT molecular complexity index is 1220. The van der Waals surface area contributed by atoms with E-state index in [1.807, 2.05) is 19.1 Å². The van der Waals surface area contributed by atoms with E-state index in [2.05, 4.69) is 34.3 Å². The molecule has 0 fully saturated rings. The number of hydrogen-bond donors (Lipinski definition) is 0. The minimum Gasteiger partial charge on any atom is -0.493 e. The molecule has 1 heterocycles. The third-order valence-electron chi connectivity index (χ3n) is 5.22. The fourth-order valence-corrected chi connectivity index (χ4v) is 3.54. The van der Waals surface area contributed by atoms with Crippen LogP contribution in [0.2, 0.25) is 0 Å². The SMILES string of the molecule is COc1cc(C(=O)c2ccc(-c3ccc(C)cc3)cc2-n2cncn2)cc(OC)c1OC. The highest BCUT2D eigenvalue weighted by Crippen LogP contribution is 2.39. The van der Waals surface area contributed by atoms with Crippen molar-refractivity contribution in [3.05, 3.63) is 83.9 Å². The van der Waals surface area contributed by atoms with E-state index in [0.717, 1.165) is 11.1 Å². The summed E-state index contributed by atoms with van der Waals surface area (Å²) >= 11 is 0. The first kappa shape index (κ1) is 21.1. The zero-order valence-corrected chi connectivity index (χ0v) is 18.3. The number of nitrogens with zero attached hydrogens (tertiary/aromatic N) is 3. The van der Waals surface area contributed by atoms with E-state index in [0.29, 0.717) is 34.1 Å². The van der Waals surface area contributed by atoms with E-state index in [-0.39, 0.29) is 5.78 Å². The number of carbonyl (C=O) groups is 1. The Kier molecular flexibility index (Phi) is 5.89. The van der Waals surface area contributed by atoms with Gasteiger partial charge in [-0.1, -0.05) is 35.9 Å². The summed E-state index contributed by atoms with van der Waals surface area (Å²) in [5.41, 5.74) is 4.70. The maximum atomic E-state index is 13.6. The Morgan fingerprint density at radius 1 is 0.844 bits per heavy atom. The van der Waals surface area contributed by atoms with Crippen LogP contribution in [0, 0.1) is 6.92 Å². The lowest BCUT2D eigenvalue weighted by molar-refractivity contribution is 0.103. The van der Waals surface area contributed by atoms with Crippen molar-refractivity contribution in [2.45, 2.75) is 6.92 Å².